The predicted octanol–water partition coefficient (Wildman–Crippen LogP) is 5.07. The van der Waals surface area contributed by atoms with E-state index in [0.717, 1.165) is 42.0 Å². The molecule has 8 nitrogen and oxygen atoms in total. The van der Waals surface area contributed by atoms with Gasteiger partial charge in [0, 0.05) is 12.0 Å². The summed E-state index contributed by atoms with van der Waals surface area (Å²) in [5.41, 5.74) is 0.921. The van der Waals surface area contributed by atoms with Gasteiger partial charge >= 0.3 is 7.82 Å². The van der Waals surface area contributed by atoms with Crippen molar-refractivity contribution in [3.05, 3.63) is 42.0 Å². The third-order valence-electron chi connectivity index (χ3n) is 4.66. The van der Waals surface area contributed by atoms with E-state index in [0.29, 0.717) is 38.8 Å². The summed E-state index contributed by atoms with van der Waals surface area (Å²) in [7, 11) is -4.41. The molecule has 0 saturated carbocycles. The zero-order chi connectivity index (χ0) is 23.1. The number of hydrogen-bond acceptors (Lipinski definition) is 7. The molecular formula is C23H35O8P. The minimum Gasteiger partial charge on any atom is -0.379 e. The highest BCUT2D eigenvalue weighted by Gasteiger charge is 2.25. The number of ether oxygens (including phenoxy) is 3. The molecule has 0 aliphatic rings. The number of phosphoric acid groups is 1. The van der Waals surface area contributed by atoms with Crippen LogP contribution >= 0.6 is 7.82 Å². The van der Waals surface area contributed by atoms with Crippen LogP contribution in [0.3, 0.4) is 0 Å². The normalized spacial score (nSPS) is 13.3. The first kappa shape index (κ1) is 26.7. The van der Waals surface area contributed by atoms with Crippen LogP contribution in [0.15, 0.2) is 36.4 Å². The molecule has 0 radical (unpaired) electrons. The lowest BCUT2D eigenvalue weighted by Crippen LogP contribution is -2.12. The van der Waals surface area contributed by atoms with Crippen molar-refractivity contribution >= 4 is 18.6 Å². The smallest absolute Gasteiger partial charge is 0.379 e. The summed E-state index contributed by atoms with van der Waals surface area (Å²) in [6, 6.07) is 11.6. The predicted molar refractivity (Wildman–Crippen MR) is 123 cm³/mol. The minimum absolute atomic E-state index is 0.116. The van der Waals surface area contributed by atoms with Gasteiger partial charge in [-0.3, -0.25) is 4.52 Å². The van der Waals surface area contributed by atoms with E-state index >= 15 is 0 Å². The highest BCUT2D eigenvalue weighted by atomic mass is 31.2. The van der Waals surface area contributed by atoms with Gasteiger partial charge in [0.25, 0.3) is 0 Å². The van der Waals surface area contributed by atoms with Crippen LogP contribution in [0.2, 0.25) is 0 Å². The second kappa shape index (κ2) is 15.3. The number of unbranched alkanes of at least 4 members (excludes halogenated alkanes) is 2. The average molecular weight is 470 g/mol. The second-order valence-electron chi connectivity index (χ2n) is 7.11. The summed E-state index contributed by atoms with van der Waals surface area (Å²) < 4.78 is 37.8. The maximum absolute atomic E-state index is 12.2. The summed E-state index contributed by atoms with van der Waals surface area (Å²) >= 11 is 0. The Labute approximate surface area is 190 Å². The molecule has 0 aliphatic carbocycles. The summed E-state index contributed by atoms with van der Waals surface area (Å²) in [5, 5.41) is 1.77. The van der Waals surface area contributed by atoms with E-state index in [-0.39, 0.29) is 13.2 Å². The van der Waals surface area contributed by atoms with Crippen LogP contribution in [-0.2, 0) is 34.4 Å². The minimum atomic E-state index is -4.41. The highest BCUT2D eigenvalue weighted by Crippen LogP contribution is 2.44. The van der Waals surface area contributed by atoms with E-state index in [1.54, 1.807) is 0 Å². The molecule has 2 rings (SSSR count). The Morgan fingerprint density at radius 1 is 0.844 bits per heavy atom. The Hall–Kier alpha value is -1.51. The average Bonchev–Trinajstić information content (AvgIpc) is 2.79. The van der Waals surface area contributed by atoms with E-state index in [9.17, 15) is 9.46 Å². The van der Waals surface area contributed by atoms with E-state index in [2.05, 4.69) is 6.92 Å². The zero-order valence-electron chi connectivity index (χ0n) is 19.0. The Bertz CT molecular complexity index is 829. The fraction of sp³-hybridized carbons (Fsp3) is 0.565. The number of fused-ring (bicyclic) bond motifs is 1. The third-order valence-corrected chi connectivity index (χ3v) is 5.43. The van der Waals surface area contributed by atoms with Crippen molar-refractivity contribution in [2.24, 2.45) is 0 Å². The fourth-order valence-corrected chi connectivity index (χ4v) is 3.57. The van der Waals surface area contributed by atoms with Crippen LogP contribution in [0.4, 0.5) is 0 Å². The standard InChI is InChI=1S/C23H35O8P/c1-3-5-6-10-21-13-12-20-9-7-8-11-22(20)23(21)30-31-32(24,25)29-19-18-28-17-16-27-15-14-26-4-2/h7-9,11-13H,3-6,10,14-19H2,1-2H3,(H,24,25). The van der Waals surface area contributed by atoms with Crippen LogP contribution < -0.4 is 4.89 Å². The molecular weight excluding hydrogens is 435 g/mol. The Morgan fingerprint density at radius 2 is 1.53 bits per heavy atom. The number of benzene rings is 2. The first-order chi connectivity index (χ1) is 15.6. The molecule has 1 unspecified atom stereocenters. The molecule has 0 spiro atoms. The van der Waals surface area contributed by atoms with Gasteiger partial charge in [-0.05, 0) is 30.7 Å². The molecule has 180 valence electrons. The molecule has 1 N–H and O–H groups in total. The SMILES string of the molecule is CCCCCc1ccc2ccccc2c1OOP(=O)(O)OCCOCCOCCOCC. The van der Waals surface area contributed by atoms with E-state index < -0.39 is 7.82 Å². The van der Waals surface area contributed by atoms with Gasteiger partial charge in [-0.25, -0.2) is 4.57 Å². The van der Waals surface area contributed by atoms with E-state index in [4.69, 9.17) is 28.3 Å². The summed E-state index contributed by atoms with van der Waals surface area (Å²) in [6.07, 6.45) is 3.97. The molecule has 1 atom stereocenters. The number of hydrogen-bond donors (Lipinski definition) is 1. The highest BCUT2D eigenvalue weighted by molar-refractivity contribution is 7.47. The third kappa shape index (κ3) is 9.96. The lowest BCUT2D eigenvalue weighted by molar-refractivity contribution is -0.128. The number of rotatable bonds is 18. The van der Waals surface area contributed by atoms with Crippen molar-refractivity contribution in [2.45, 2.75) is 39.5 Å². The van der Waals surface area contributed by atoms with Crippen molar-refractivity contribution in [2.75, 3.05) is 46.2 Å². The second-order valence-corrected chi connectivity index (χ2v) is 8.46. The molecule has 0 saturated heterocycles. The summed E-state index contributed by atoms with van der Waals surface area (Å²) in [5.74, 6) is 0.442. The quantitative estimate of drug-likeness (QED) is 0.140. The molecule has 9 heteroatoms. The van der Waals surface area contributed by atoms with Crippen LogP contribution in [0.5, 0.6) is 5.75 Å². The van der Waals surface area contributed by atoms with E-state index in [1.807, 2.05) is 43.3 Å². The van der Waals surface area contributed by atoms with Gasteiger partial charge in [0.15, 0.2) is 5.75 Å². The maximum Gasteiger partial charge on any atom is 0.508 e. The topological polar surface area (TPSA) is 92.7 Å². The van der Waals surface area contributed by atoms with Gasteiger partial charge in [-0.2, -0.15) is 0 Å². The molecule has 2 aromatic rings. The van der Waals surface area contributed by atoms with Gasteiger partial charge in [-0.15, -0.1) is 0 Å². The lowest BCUT2D eigenvalue weighted by Gasteiger charge is -2.15. The van der Waals surface area contributed by atoms with Crippen molar-refractivity contribution in [3.63, 3.8) is 0 Å². The van der Waals surface area contributed by atoms with Gasteiger partial charge in [0.05, 0.1) is 39.6 Å². The molecule has 0 bridgehead atoms. The molecule has 0 heterocycles. The van der Waals surface area contributed by atoms with E-state index in [1.165, 1.54) is 0 Å². The van der Waals surface area contributed by atoms with Crippen LogP contribution in [-0.4, -0.2) is 51.1 Å². The van der Waals surface area contributed by atoms with Crippen molar-refractivity contribution in [1.82, 2.24) is 0 Å². The number of aryl methyl sites for hydroxylation is 1. The summed E-state index contributed by atoms with van der Waals surface area (Å²) in [4.78, 5) is 15.3. The Kier molecular flexibility index (Phi) is 12.8. The molecule has 0 amide bonds. The molecule has 0 aliphatic heterocycles. The fourth-order valence-electron chi connectivity index (χ4n) is 3.05. The molecule has 32 heavy (non-hydrogen) atoms. The van der Waals surface area contributed by atoms with Crippen LogP contribution in [0.1, 0.15) is 38.7 Å². The molecule has 0 aromatic heterocycles. The first-order valence-electron chi connectivity index (χ1n) is 11.1. The first-order valence-corrected chi connectivity index (χ1v) is 12.6. The summed E-state index contributed by atoms with van der Waals surface area (Å²) in [6.45, 7) is 6.52. The van der Waals surface area contributed by atoms with Gasteiger partial charge in [-0.1, -0.05) is 60.8 Å². The van der Waals surface area contributed by atoms with Crippen molar-refractivity contribution in [1.29, 1.82) is 0 Å². The van der Waals surface area contributed by atoms with Crippen LogP contribution in [0, 0.1) is 0 Å². The van der Waals surface area contributed by atoms with Gasteiger partial charge in [0.2, 0.25) is 0 Å². The van der Waals surface area contributed by atoms with Crippen molar-refractivity contribution < 1.29 is 37.8 Å². The lowest BCUT2D eigenvalue weighted by atomic mass is 10.0. The van der Waals surface area contributed by atoms with Gasteiger partial charge in [0.1, 0.15) is 0 Å². The zero-order valence-corrected chi connectivity index (χ0v) is 19.9. The molecule has 2 aromatic carbocycles. The largest absolute Gasteiger partial charge is 0.508 e. The Balaban J connectivity index is 1.80. The maximum atomic E-state index is 12.2. The van der Waals surface area contributed by atoms with Crippen LogP contribution in [0.25, 0.3) is 10.8 Å². The number of phosphoric ester groups is 1. The molecule has 0 fully saturated rings. The van der Waals surface area contributed by atoms with Gasteiger partial charge < -0.3 is 24.0 Å². The Morgan fingerprint density at radius 3 is 2.25 bits per heavy atom. The van der Waals surface area contributed by atoms with Crippen molar-refractivity contribution in [3.8, 4) is 5.75 Å². The monoisotopic (exact) mass is 470 g/mol.